The van der Waals surface area contributed by atoms with Crippen LogP contribution in [0, 0.1) is 23.7 Å². The predicted molar refractivity (Wildman–Crippen MR) is 81.9 cm³/mol. The van der Waals surface area contributed by atoms with Crippen molar-refractivity contribution >= 4 is 23.5 Å². The second kappa shape index (κ2) is 6.02. The highest BCUT2D eigenvalue weighted by Gasteiger charge is 2.53. The maximum Gasteiger partial charge on any atom is 0.337 e. The molecule has 0 aliphatic heterocycles. The molecule has 1 aromatic carbocycles. The maximum atomic E-state index is 12.6. The molecular weight excluding hydrogens is 298 g/mol. The summed E-state index contributed by atoms with van der Waals surface area (Å²) in [4.78, 5) is 35.6. The van der Waals surface area contributed by atoms with Gasteiger partial charge in [-0.05, 0) is 49.3 Å². The van der Waals surface area contributed by atoms with Crippen LogP contribution in [0.15, 0.2) is 24.3 Å². The Morgan fingerprint density at radius 1 is 1.17 bits per heavy atom. The summed E-state index contributed by atoms with van der Waals surface area (Å²) in [5.41, 5.74) is 0.817. The summed E-state index contributed by atoms with van der Waals surface area (Å²) in [6.07, 6.45) is 2.62. The van der Waals surface area contributed by atoms with Crippen LogP contribution >= 0.6 is 0 Å². The first-order valence-electron chi connectivity index (χ1n) is 7.73. The van der Waals surface area contributed by atoms with E-state index in [0.717, 1.165) is 19.3 Å². The molecule has 1 aromatic rings. The van der Waals surface area contributed by atoms with Crippen LogP contribution in [0.3, 0.4) is 0 Å². The first-order valence-corrected chi connectivity index (χ1v) is 7.73. The number of benzene rings is 1. The van der Waals surface area contributed by atoms with Gasteiger partial charge in [0.25, 0.3) is 0 Å². The third-order valence-corrected chi connectivity index (χ3v) is 5.06. The van der Waals surface area contributed by atoms with Crippen LogP contribution in [0.1, 0.15) is 29.6 Å². The lowest BCUT2D eigenvalue weighted by molar-refractivity contribution is -0.148. The van der Waals surface area contributed by atoms with Gasteiger partial charge in [-0.1, -0.05) is 6.07 Å². The van der Waals surface area contributed by atoms with Gasteiger partial charge in [0.1, 0.15) is 0 Å². The molecule has 4 atom stereocenters. The minimum atomic E-state index is -0.888. The number of methoxy groups -OCH3 is 1. The van der Waals surface area contributed by atoms with Gasteiger partial charge in [-0.25, -0.2) is 4.79 Å². The summed E-state index contributed by atoms with van der Waals surface area (Å²) in [7, 11) is 1.29. The van der Waals surface area contributed by atoms with Crippen molar-refractivity contribution in [3.8, 4) is 0 Å². The van der Waals surface area contributed by atoms with Gasteiger partial charge < -0.3 is 15.2 Å². The highest BCUT2D eigenvalue weighted by atomic mass is 16.5. The summed E-state index contributed by atoms with van der Waals surface area (Å²) in [6, 6.07) is 6.45. The molecule has 2 N–H and O–H groups in total. The van der Waals surface area contributed by atoms with Gasteiger partial charge in [0.15, 0.2) is 0 Å². The van der Waals surface area contributed by atoms with Crippen LogP contribution < -0.4 is 5.32 Å². The molecule has 0 unspecified atom stereocenters. The highest BCUT2D eigenvalue weighted by Crippen LogP contribution is 2.52. The molecular formula is C17H19NO5. The highest BCUT2D eigenvalue weighted by molar-refractivity contribution is 5.97. The summed E-state index contributed by atoms with van der Waals surface area (Å²) in [6.45, 7) is 0. The number of anilines is 1. The molecule has 122 valence electrons. The monoisotopic (exact) mass is 317 g/mol. The molecule has 2 aliphatic rings. The minimum absolute atomic E-state index is 0.106. The Morgan fingerprint density at radius 3 is 2.52 bits per heavy atom. The number of carbonyl (C=O) groups excluding carboxylic acids is 2. The predicted octanol–water partition coefficient (Wildman–Crippen LogP) is 2.16. The molecule has 23 heavy (non-hydrogen) atoms. The quantitative estimate of drug-likeness (QED) is 0.830. The Hall–Kier alpha value is -2.37. The van der Waals surface area contributed by atoms with Crippen LogP contribution in [0.25, 0.3) is 0 Å². The number of aliphatic carboxylic acids is 1. The molecule has 2 saturated carbocycles. The summed E-state index contributed by atoms with van der Waals surface area (Å²) in [5.74, 6) is -2.48. The summed E-state index contributed by atoms with van der Waals surface area (Å²) < 4.78 is 4.66. The van der Waals surface area contributed by atoms with Crippen molar-refractivity contribution in [3.05, 3.63) is 29.8 Å². The van der Waals surface area contributed by atoms with E-state index >= 15 is 0 Å². The second-order valence-corrected chi connectivity index (χ2v) is 6.28. The molecule has 0 radical (unpaired) electrons. The Labute approximate surface area is 133 Å². The first kappa shape index (κ1) is 15.5. The van der Waals surface area contributed by atoms with Gasteiger partial charge in [0.2, 0.25) is 5.91 Å². The fraction of sp³-hybridized carbons (Fsp3) is 0.471. The Balaban J connectivity index is 1.77. The Morgan fingerprint density at radius 2 is 1.87 bits per heavy atom. The number of hydrogen-bond donors (Lipinski definition) is 2. The lowest BCUT2D eigenvalue weighted by atomic mass is 9.78. The Bertz CT molecular complexity index is 656. The third kappa shape index (κ3) is 2.81. The zero-order valence-electron chi connectivity index (χ0n) is 12.8. The number of ether oxygens (including phenoxy) is 1. The number of carbonyl (C=O) groups is 3. The van der Waals surface area contributed by atoms with Gasteiger partial charge in [0.05, 0.1) is 24.5 Å². The number of esters is 1. The van der Waals surface area contributed by atoms with E-state index in [-0.39, 0.29) is 17.7 Å². The van der Waals surface area contributed by atoms with Gasteiger partial charge in [-0.15, -0.1) is 0 Å². The average molecular weight is 317 g/mol. The van der Waals surface area contributed by atoms with Gasteiger partial charge in [0, 0.05) is 5.69 Å². The van der Waals surface area contributed by atoms with E-state index in [0.29, 0.717) is 11.3 Å². The minimum Gasteiger partial charge on any atom is -0.481 e. The van der Waals surface area contributed by atoms with E-state index in [1.807, 2.05) is 0 Å². The molecule has 0 saturated heterocycles. The van der Waals surface area contributed by atoms with Crippen molar-refractivity contribution in [1.82, 2.24) is 0 Å². The molecule has 2 fully saturated rings. The van der Waals surface area contributed by atoms with E-state index < -0.39 is 23.8 Å². The standard InChI is InChI=1S/C17H19NO5/c1-23-17(22)11-3-2-4-12(8-11)18-15(19)13-9-5-6-10(7-9)14(13)16(20)21/h2-4,8-10,13-14H,5-7H2,1H3,(H,18,19)(H,20,21)/t9-,10-,13-,14+/m0/s1. The van der Waals surface area contributed by atoms with Crippen LogP contribution in [-0.2, 0) is 14.3 Å². The normalized spacial score (nSPS) is 28.4. The van der Waals surface area contributed by atoms with Crippen molar-refractivity contribution in [2.24, 2.45) is 23.7 Å². The number of fused-ring (bicyclic) bond motifs is 2. The van der Waals surface area contributed by atoms with Crippen LogP contribution in [-0.4, -0.2) is 30.1 Å². The topological polar surface area (TPSA) is 92.7 Å². The number of carboxylic acid groups (broad SMARTS) is 1. The summed E-state index contributed by atoms with van der Waals surface area (Å²) in [5, 5.41) is 12.2. The van der Waals surface area contributed by atoms with Crippen LogP contribution in [0.5, 0.6) is 0 Å². The molecule has 0 aromatic heterocycles. The number of carboxylic acids is 1. The van der Waals surface area contributed by atoms with Crippen molar-refractivity contribution in [2.45, 2.75) is 19.3 Å². The lowest BCUT2D eigenvalue weighted by Gasteiger charge is -2.27. The molecule has 1 amide bonds. The zero-order valence-corrected chi connectivity index (χ0v) is 12.8. The fourth-order valence-electron chi connectivity index (χ4n) is 4.09. The summed E-state index contributed by atoms with van der Waals surface area (Å²) >= 11 is 0. The number of rotatable bonds is 4. The van der Waals surface area contributed by atoms with E-state index in [2.05, 4.69) is 10.1 Å². The molecule has 0 spiro atoms. The molecule has 2 aliphatic carbocycles. The molecule has 0 heterocycles. The molecule has 6 heteroatoms. The smallest absolute Gasteiger partial charge is 0.337 e. The number of hydrogen-bond acceptors (Lipinski definition) is 4. The van der Waals surface area contributed by atoms with Gasteiger partial charge >= 0.3 is 11.9 Å². The number of amides is 1. The van der Waals surface area contributed by atoms with E-state index in [1.165, 1.54) is 13.2 Å². The van der Waals surface area contributed by atoms with E-state index in [9.17, 15) is 19.5 Å². The van der Waals surface area contributed by atoms with Crippen molar-refractivity contribution in [1.29, 1.82) is 0 Å². The van der Waals surface area contributed by atoms with Gasteiger partial charge in [-0.2, -0.15) is 0 Å². The van der Waals surface area contributed by atoms with Crippen molar-refractivity contribution in [3.63, 3.8) is 0 Å². The van der Waals surface area contributed by atoms with Crippen molar-refractivity contribution in [2.75, 3.05) is 12.4 Å². The van der Waals surface area contributed by atoms with E-state index in [1.54, 1.807) is 18.2 Å². The first-order chi connectivity index (χ1) is 11.0. The van der Waals surface area contributed by atoms with Crippen LogP contribution in [0.2, 0.25) is 0 Å². The maximum absolute atomic E-state index is 12.6. The average Bonchev–Trinajstić information content (AvgIpc) is 3.15. The second-order valence-electron chi connectivity index (χ2n) is 6.28. The largest absolute Gasteiger partial charge is 0.481 e. The van der Waals surface area contributed by atoms with Crippen LogP contribution in [0.4, 0.5) is 5.69 Å². The molecule has 2 bridgehead atoms. The SMILES string of the molecule is COC(=O)c1cccc(NC(=O)[C@H]2[C@H]3CC[C@@H](C3)[C@H]2C(=O)O)c1. The molecule has 6 nitrogen and oxygen atoms in total. The fourth-order valence-corrected chi connectivity index (χ4v) is 4.09. The third-order valence-electron chi connectivity index (χ3n) is 5.06. The van der Waals surface area contributed by atoms with Crippen molar-refractivity contribution < 1.29 is 24.2 Å². The number of nitrogens with one attached hydrogen (secondary N) is 1. The Kier molecular flexibility index (Phi) is 4.07. The van der Waals surface area contributed by atoms with E-state index in [4.69, 9.17) is 0 Å². The lowest BCUT2D eigenvalue weighted by Crippen LogP contribution is -2.37. The zero-order chi connectivity index (χ0) is 16.6. The van der Waals surface area contributed by atoms with Gasteiger partial charge in [-0.3, -0.25) is 9.59 Å². The molecule has 3 rings (SSSR count).